The van der Waals surface area contributed by atoms with Crippen LogP contribution in [0.3, 0.4) is 0 Å². The van der Waals surface area contributed by atoms with E-state index in [0.29, 0.717) is 11.5 Å². The molecule has 0 unspecified atom stereocenters. The molecule has 0 aliphatic carbocycles. The molecule has 0 atom stereocenters. The Labute approximate surface area is 125 Å². The van der Waals surface area contributed by atoms with Crippen molar-refractivity contribution < 1.29 is 21.6 Å². The molecule has 0 saturated heterocycles. The van der Waals surface area contributed by atoms with E-state index >= 15 is 0 Å². The highest BCUT2D eigenvalue weighted by Gasteiger charge is 2.22. The van der Waals surface area contributed by atoms with Crippen molar-refractivity contribution in [1.29, 1.82) is 0 Å². The van der Waals surface area contributed by atoms with E-state index < -0.39 is 26.6 Å². The van der Waals surface area contributed by atoms with Gasteiger partial charge in [-0.2, -0.15) is 11.8 Å². The molecule has 0 fully saturated rings. The molecule has 0 spiro atoms. The van der Waals surface area contributed by atoms with Gasteiger partial charge in [-0.15, -0.1) is 0 Å². The number of halogens is 2. The van der Waals surface area contributed by atoms with Crippen LogP contribution in [0, 0.1) is 11.6 Å². The number of hydrogen-bond acceptors (Lipinski definition) is 4. The van der Waals surface area contributed by atoms with Gasteiger partial charge >= 0.3 is 0 Å². The SMILES string of the molecule is O=S(=O)(NCCSCc1ccco1)c1c(F)cccc1F. The molecule has 8 heteroatoms. The number of hydrogen-bond donors (Lipinski definition) is 1. The first-order chi connectivity index (χ1) is 10.0. The zero-order chi connectivity index (χ0) is 15.3. The maximum absolute atomic E-state index is 13.4. The molecule has 1 N–H and O–H groups in total. The van der Waals surface area contributed by atoms with Crippen molar-refractivity contribution in [3.63, 3.8) is 0 Å². The Morgan fingerprint density at radius 1 is 1.14 bits per heavy atom. The van der Waals surface area contributed by atoms with Crippen LogP contribution in [0.5, 0.6) is 0 Å². The molecule has 0 aliphatic rings. The molecular weight excluding hydrogens is 320 g/mol. The van der Waals surface area contributed by atoms with E-state index in [1.807, 2.05) is 6.07 Å². The van der Waals surface area contributed by atoms with Crippen molar-refractivity contribution in [3.8, 4) is 0 Å². The first-order valence-electron chi connectivity index (χ1n) is 6.04. The Morgan fingerprint density at radius 3 is 2.48 bits per heavy atom. The largest absolute Gasteiger partial charge is 0.468 e. The van der Waals surface area contributed by atoms with E-state index in [9.17, 15) is 17.2 Å². The van der Waals surface area contributed by atoms with Crippen LogP contribution in [0.15, 0.2) is 45.9 Å². The van der Waals surface area contributed by atoms with Gasteiger partial charge in [-0.3, -0.25) is 0 Å². The molecule has 0 bridgehead atoms. The summed E-state index contributed by atoms with van der Waals surface area (Å²) in [6.45, 7) is 0.0709. The van der Waals surface area contributed by atoms with Crippen LogP contribution in [0.1, 0.15) is 5.76 Å². The zero-order valence-electron chi connectivity index (χ0n) is 10.9. The maximum atomic E-state index is 13.4. The van der Waals surface area contributed by atoms with E-state index in [0.717, 1.165) is 24.0 Å². The maximum Gasteiger partial charge on any atom is 0.246 e. The summed E-state index contributed by atoms with van der Waals surface area (Å²) >= 11 is 1.45. The van der Waals surface area contributed by atoms with Crippen LogP contribution in [-0.2, 0) is 15.8 Å². The lowest BCUT2D eigenvalue weighted by Crippen LogP contribution is -2.27. The fourth-order valence-corrected chi connectivity index (χ4v) is 3.68. The van der Waals surface area contributed by atoms with E-state index in [2.05, 4.69) is 4.72 Å². The predicted molar refractivity (Wildman–Crippen MR) is 76.4 cm³/mol. The van der Waals surface area contributed by atoms with E-state index in [1.54, 1.807) is 12.3 Å². The van der Waals surface area contributed by atoms with Crippen molar-refractivity contribution in [2.75, 3.05) is 12.3 Å². The van der Waals surface area contributed by atoms with Gasteiger partial charge in [0.15, 0.2) is 4.90 Å². The Kier molecular flexibility index (Phi) is 5.38. The summed E-state index contributed by atoms with van der Waals surface area (Å²) in [4.78, 5) is -0.943. The van der Waals surface area contributed by atoms with E-state index in [4.69, 9.17) is 4.42 Å². The highest BCUT2D eigenvalue weighted by Crippen LogP contribution is 2.18. The van der Waals surface area contributed by atoms with Crippen molar-refractivity contribution in [1.82, 2.24) is 4.72 Å². The molecule has 21 heavy (non-hydrogen) atoms. The molecule has 1 aromatic carbocycles. The van der Waals surface area contributed by atoms with Gasteiger partial charge in [-0.1, -0.05) is 6.07 Å². The van der Waals surface area contributed by atoms with Crippen LogP contribution in [-0.4, -0.2) is 20.7 Å². The molecule has 0 aliphatic heterocycles. The summed E-state index contributed by atoms with van der Waals surface area (Å²) in [6.07, 6.45) is 1.56. The number of nitrogens with one attached hydrogen (secondary N) is 1. The summed E-state index contributed by atoms with van der Waals surface area (Å²) < 4.78 is 57.9. The summed E-state index contributed by atoms with van der Waals surface area (Å²) in [5, 5.41) is 0. The third-order valence-corrected chi connectivity index (χ3v) is 5.04. The number of thioether (sulfide) groups is 1. The minimum Gasteiger partial charge on any atom is -0.468 e. The lowest BCUT2D eigenvalue weighted by Gasteiger charge is -2.08. The predicted octanol–water partition coefficient (Wildman–Crippen LogP) is 2.77. The Balaban J connectivity index is 1.87. The second-order valence-corrected chi connectivity index (χ2v) is 6.89. The first-order valence-corrected chi connectivity index (χ1v) is 8.68. The topological polar surface area (TPSA) is 59.3 Å². The molecular formula is C13H13F2NO3S2. The van der Waals surface area contributed by atoms with E-state index in [-0.39, 0.29) is 6.54 Å². The Morgan fingerprint density at radius 2 is 1.86 bits per heavy atom. The van der Waals surface area contributed by atoms with Gasteiger partial charge < -0.3 is 4.42 Å². The standard InChI is InChI=1S/C13H13F2NO3S2/c14-11-4-1-5-12(15)13(11)21(17,18)16-6-8-20-9-10-3-2-7-19-10/h1-5,7,16H,6,8-9H2. The normalized spacial score (nSPS) is 11.7. The fraction of sp³-hybridized carbons (Fsp3) is 0.231. The first kappa shape index (κ1) is 16.0. The van der Waals surface area contributed by atoms with Gasteiger partial charge in [0.1, 0.15) is 17.4 Å². The minimum absolute atomic E-state index is 0.0709. The van der Waals surface area contributed by atoms with Crippen LogP contribution >= 0.6 is 11.8 Å². The zero-order valence-corrected chi connectivity index (χ0v) is 12.5. The number of rotatable bonds is 7. The van der Waals surface area contributed by atoms with Crippen molar-refractivity contribution in [2.45, 2.75) is 10.6 Å². The molecule has 0 saturated carbocycles. The summed E-state index contributed by atoms with van der Waals surface area (Å²) in [5.74, 6) is -0.377. The van der Waals surface area contributed by atoms with Crippen molar-refractivity contribution in [3.05, 3.63) is 54.0 Å². The molecule has 2 aromatic rings. The van der Waals surface area contributed by atoms with Crippen LogP contribution in [0.25, 0.3) is 0 Å². The smallest absolute Gasteiger partial charge is 0.246 e. The van der Waals surface area contributed by atoms with Gasteiger partial charge in [-0.25, -0.2) is 21.9 Å². The average Bonchev–Trinajstić information content (AvgIpc) is 2.91. The lowest BCUT2D eigenvalue weighted by atomic mass is 10.3. The summed E-state index contributed by atoms with van der Waals surface area (Å²) in [7, 11) is -4.19. The molecule has 1 heterocycles. The van der Waals surface area contributed by atoms with Gasteiger partial charge in [0, 0.05) is 12.3 Å². The molecule has 1 aromatic heterocycles. The van der Waals surface area contributed by atoms with Gasteiger partial charge in [-0.05, 0) is 24.3 Å². The van der Waals surface area contributed by atoms with Crippen LogP contribution in [0.4, 0.5) is 8.78 Å². The highest BCUT2D eigenvalue weighted by molar-refractivity contribution is 7.98. The Hall–Kier alpha value is -1.38. The number of benzene rings is 1. The monoisotopic (exact) mass is 333 g/mol. The third-order valence-electron chi connectivity index (χ3n) is 2.55. The molecule has 4 nitrogen and oxygen atoms in total. The van der Waals surface area contributed by atoms with Gasteiger partial charge in [0.05, 0.1) is 12.0 Å². The highest BCUT2D eigenvalue weighted by atomic mass is 32.2. The molecule has 0 amide bonds. The third kappa shape index (κ3) is 4.29. The number of furan rings is 1. The quantitative estimate of drug-likeness (QED) is 0.792. The van der Waals surface area contributed by atoms with E-state index in [1.165, 1.54) is 11.8 Å². The van der Waals surface area contributed by atoms with Gasteiger partial charge in [0.2, 0.25) is 10.0 Å². The van der Waals surface area contributed by atoms with Crippen molar-refractivity contribution >= 4 is 21.8 Å². The van der Waals surface area contributed by atoms with Crippen molar-refractivity contribution in [2.24, 2.45) is 0 Å². The summed E-state index contributed by atoms with van der Waals surface area (Å²) in [6, 6.07) is 6.50. The molecule has 0 radical (unpaired) electrons. The Bertz CT molecular complexity index is 667. The molecule has 114 valence electrons. The lowest BCUT2D eigenvalue weighted by molar-refractivity contribution is 0.515. The second-order valence-electron chi connectivity index (χ2n) is 4.08. The number of sulfonamides is 1. The van der Waals surface area contributed by atoms with Gasteiger partial charge in [0.25, 0.3) is 0 Å². The van der Waals surface area contributed by atoms with Crippen LogP contribution in [0.2, 0.25) is 0 Å². The molecule has 2 rings (SSSR count). The van der Waals surface area contributed by atoms with Crippen LogP contribution < -0.4 is 4.72 Å². The average molecular weight is 333 g/mol. The second kappa shape index (κ2) is 7.06. The summed E-state index contributed by atoms with van der Waals surface area (Å²) in [5.41, 5.74) is 0. The minimum atomic E-state index is -4.19. The fourth-order valence-electron chi connectivity index (χ4n) is 1.63.